The maximum Gasteiger partial charge on any atom is 0.0699 e. The molecule has 0 aromatic heterocycles. The molecule has 1 spiro atoms. The van der Waals surface area contributed by atoms with Crippen molar-refractivity contribution in [3.8, 4) is 0 Å². The first-order valence-corrected chi connectivity index (χ1v) is 6.33. The van der Waals surface area contributed by atoms with E-state index in [9.17, 15) is 0 Å². The quantitative estimate of drug-likeness (QED) is 0.442. The van der Waals surface area contributed by atoms with Gasteiger partial charge in [-0.05, 0) is 51.9 Å². The van der Waals surface area contributed by atoms with Gasteiger partial charge in [0.25, 0.3) is 0 Å². The standard InChI is InChI=1S/C11H24N4/c1-3-11(14-6-1)4-8-13-10-9-12-5-2-7-15-11/h12-15H,1-10H2. The lowest BCUT2D eigenvalue weighted by Crippen LogP contribution is -2.54. The summed E-state index contributed by atoms with van der Waals surface area (Å²) in [5.41, 5.74) is 0.233. The molecule has 0 saturated carbocycles. The minimum atomic E-state index is 0.233. The van der Waals surface area contributed by atoms with Crippen molar-refractivity contribution in [1.82, 2.24) is 21.3 Å². The van der Waals surface area contributed by atoms with Crippen molar-refractivity contribution < 1.29 is 0 Å². The van der Waals surface area contributed by atoms with Crippen molar-refractivity contribution in [3.63, 3.8) is 0 Å². The van der Waals surface area contributed by atoms with E-state index in [-0.39, 0.29) is 5.66 Å². The topological polar surface area (TPSA) is 48.1 Å². The highest BCUT2D eigenvalue weighted by Gasteiger charge is 2.31. The molecule has 0 bridgehead atoms. The van der Waals surface area contributed by atoms with Crippen LogP contribution in [0, 0.1) is 0 Å². The van der Waals surface area contributed by atoms with Crippen LogP contribution in [0.3, 0.4) is 0 Å². The first-order chi connectivity index (χ1) is 7.41. The predicted octanol–water partition coefficient (Wildman–Crippen LogP) is -0.371. The van der Waals surface area contributed by atoms with Gasteiger partial charge >= 0.3 is 0 Å². The summed E-state index contributed by atoms with van der Waals surface area (Å²) in [5, 5.41) is 14.3. The maximum absolute atomic E-state index is 3.70. The summed E-state index contributed by atoms with van der Waals surface area (Å²) in [5.74, 6) is 0. The Balaban J connectivity index is 1.84. The Morgan fingerprint density at radius 1 is 0.600 bits per heavy atom. The van der Waals surface area contributed by atoms with E-state index in [1.54, 1.807) is 0 Å². The van der Waals surface area contributed by atoms with E-state index in [1.807, 2.05) is 0 Å². The van der Waals surface area contributed by atoms with Gasteiger partial charge in [-0.3, -0.25) is 10.6 Å². The molecule has 4 heteroatoms. The lowest BCUT2D eigenvalue weighted by atomic mass is 10.0. The molecule has 15 heavy (non-hydrogen) atoms. The Morgan fingerprint density at radius 2 is 1.33 bits per heavy atom. The fraction of sp³-hybridized carbons (Fsp3) is 1.00. The Kier molecular flexibility index (Phi) is 4.38. The summed E-state index contributed by atoms with van der Waals surface area (Å²) in [6, 6.07) is 0. The SMILES string of the molecule is C1CNCCNCCC2(CCCN2)NC1. The van der Waals surface area contributed by atoms with E-state index < -0.39 is 0 Å². The zero-order valence-electron chi connectivity index (χ0n) is 9.57. The second-order valence-electron chi connectivity index (χ2n) is 4.64. The van der Waals surface area contributed by atoms with Crippen LogP contribution in [0.2, 0.25) is 0 Å². The summed E-state index contributed by atoms with van der Waals surface area (Å²) in [6.07, 6.45) is 5.02. The molecule has 88 valence electrons. The van der Waals surface area contributed by atoms with Crippen LogP contribution in [-0.2, 0) is 0 Å². The van der Waals surface area contributed by atoms with Crippen molar-refractivity contribution in [1.29, 1.82) is 0 Å². The van der Waals surface area contributed by atoms with E-state index in [2.05, 4.69) is 21.3 Å². The molecule has 0 radical (unpaired) electrons. The third-order valence-electron chi connectivity index (χ3n) is 3.44. The fourth-order valence-corrected chi connectivity index (χ4v) is 2.53. The third kappa shape index (κ3) is 3.41. The Labute approximate surface area is 92.6 Å². The van der Waals surface area contributed by atoms with Gasteiger partial charge in [-0.1, -0.05) is 0 Å². The maximum atomic E-state index is 3.70. The number of nitrogens with one attached hydrogen (secondary N) is 4. The molecule has 0 amide bonds. The van der Waals surface area contributed by atoms with Crippen LogP contribution in [0.4, 0.5) is 0 Å². The second-order valence-corrected chi connectivity index (χ2v) is 4.64. The molecular formula is C11H24N4. The lowest BCUT2D eigenvalue weighted by molar-refractivity contribution is 0.271. The van der Waals surface area contributed by atoms with Crippen LogP contribution >= 0.6 is 0 Å². The van der Waals surface area contributed by atoms with Crippen LogP contribution in [0.1, 0.15) is 25.7 Å². The van der Waals surface area contributed by atoms with Gasteiger partial charge in [-0.25, -0.2) is 0 Å². The molecule has 0 aromatic carbocycles. The predicted molar refractivity (Wildman–Crippen MR) is 62.9 cm³/mol. The molecule has 0 aromatic rings. The number of rotatable bonds is 0. The van der Waals surface area contributed by atoms with Crippen LogP contribution in [0.25, 0.3) is 0 Å². The molecule has 2 aliphatic heterocycles. The minimum absolute atomic E-state index is 0.233. The number of hydrogen-bond acceptors (Lipinski definition) is 4. The molecule has 2 heterocycles. The first kappa shape index (κ1) is 11.3. The average Bonchev–Trinajstić information content (AvgIpc) is 2.67. The largest absolute Gasteiger partial charge is 0.315 e. The van der Waals surface area contributed by atoms with E-state index in [0.29, 0.717) is 0 Å². The van der Waals surface area contributed by atoms with Crippen LogP contribution in [0.15, 0.2) is 0 Å². The van der Waals surface area contributed by atoms with Gasteiger partial charge in [0.15, 0.2) is 0 Å². The zero-order valence-corrected chi connectivity index (χ0v) is 9.57. The first-order valence-electron chi connectivity index (χ1n) is 6.33. The summed E-state index contributed by atoms with van der Waals surface area (Å²) in [6.45, 7) is 6.73. The average molecular weight is 212 g/mol. The molecule has 1 atom stereocenters. The van der Waals surface area contributed by atoms with Crippen molar-refractivity contribution in [2.24, 2.45) is 0 Å². The van der Waals surface area contributed by atoms with Crippen LogP contribution in [-0.4, -0.2) is 44.9 Å². The minimum Gasteiger partial charge on any atom is -0.315 e. The highest BCUT2D eigenvalue weighted by molar-refractivity contribution is 4.91. The van der Waals surface area contributed by atoms with Crippen LogP contribution in [0.5, 0.6) is 0 Å². The normalized spacial score (nSPS) is 35.2. The van der Waals surface area contributed by atoms with Gasteiger partial charge < -0.3 is 10.6 Å². The van der Waals surface area contributed by atoms with Gasteiger partial charge in [0.1, 0.15) is 0 Å². The molecule has 2 fully saturated rings. The van der Waals surface area contributed by atoms with Crippen molar-refractivity contribution in [2.45, 2.75) is 31.3 Å². The van der Waals surface area contributed by atoms with Crippen LogP contribution < -0.4 is 21.3 Å². The van der Waals surface area contributed by atoms with Gasteiger partial charge in [-0.2, -0.15) is 0 Å². The van der Waals surface area contributed by atoms with E-state index >= 15 is 0 Å². The Morgan fingerprint density at radius 3 is 2.13 bits per heavy atom. The van der Waals surface area contributed by atoms with Gasteiger partial charge in [-0.15, -0.1) is 0 Å². The highest BCUT2D eigenvalue weighted by atomic mass is 15.2. The van der Waals surface area contributed by atoms with E-state index in [1.165, 1.54) is 32.2 Å². The summed E-state index contributed by atoms with van der Waals surface area (Å²) >= 11 is 0. The zero-order chi connectivity index (χ0) is 10.4. The van der Waals surface area contributed by atoms with E-state index in [0.717, 1.165) is 32.7 Å². The Hall–Kier alpha value is -0.160. The van der Waals surface area contributed by atoms with Crippen molar-refractivity contribution >= 4 is 0 Å². The van der Waals surface area contributed by atoms with Gasteiger partial charge in [0, 0.05) is 13.1 Å². The molecule has 2 rings (SSSR count). The lowest BCUT2D eigenvalue weighted by Gasteiger charge is -2.31. The molecular weight excluding hydrogens is 188 g/mol. The molecule has 0 aliphatic carbocycles. The molecule has 1 unspecified atom stereocenters. The van der Waals surface area contributed by atoms with Gasteiger partial charge in [0.2, 0.25) is 0 Å². The molecule has 4 N–H and O–H groups in total. The monoisotopic (exact) mass is 212 g/mol. The highest BCUT2D eigenvalue weighted by Crippen LogP contribution is 2.19. The molecule has 4 nitrogen and oxygen atoms in total. The summed E-state index contributed by atoms with van der Waals surface area (Å²) < 4.78 is 0. The van der Waals surface area contributed by atoms with Gasteiger partial charge in [0.05, 0.1) is 5.66 Å². The molecule has 2 saturated heterocycles. The number of hydrogen-bond donors (Lipinski definition) is 4. The summed E-state index contributed by atoms with van der Waals surface area (Å²) in [7, 11) is 0. The van der Waals surface area contributed by atoms with E-state index in [4.69, 9.17) is 0 Å². The summed E-state index contributed by atoms with van der Waals surface area (Å²) in [4.78, 5) is 0. The van der Waals surface area contributed by atoms with Crippen molar-refractivity contribution in [2.75, 3.05) is 39.3 Å². The Bertz CT molecular complexity index is 163. The fourth-order valence-electron chi connectivity index (χ4n) is 2.53. The molecule has 2 aliphatic rings. The smallest absolute Gasteiger partial charge is 0.0699 e. The second kappa shape index (κ2) is 5.80. The third-order valence-corrected chi connectivity index (χ3v) is 3.44. The van der Waals surface area contributed by atoms with Crippen molar-refractivity contribution in [3.05, 3.63) is 0 Å².